The molecular weight excluding hydrogens is 445 g/mol. The molecule has 0 bridgehead atoms. The summed E-state index contributed by atoms with van der Waals surface area (Å²) in [4.78, 5) is 22.1. The molecule has 5 rings (SSSR count). The number of H-pyrrole nitrogens is 1. The summed E-state index contributed by atoms with van der Waals surface area (Å²) in [6.45, 7) is 1.56. The fourth-order valence-electron chi connectivity index (χ4n) is 4.46. The van der Waals surface area contributed by atoms with Crippen LogP contribution in [0.3, 0.4) is 0 Å². The Labute approximate surface area is 193 Å². The summed E-state index contributed by atoms with van der Waals surface area (Å²) >= 11 is 0. The smallest absolute Gasteiger partial charge is 0.358 e. The number of amides is 1. The van der Waals surface area contributed by atoms with Gasteiger partial charge < -0.3 is 10.3 Å². The van der Waals surface area contributed by atoms with Gasteiger partial charge in [-0.1, -0.05) is 18.2 Å². The molecule has 10 heteroatoms. The summed E-state index contributed by atoms with van der Waals surface area (Å²) in [6, 6.07) is 13.5. The number of piperidine rings is 1. The maximum Gasteiger partial charge on any atom is 0.416 e. The van der Waals surface area contributed by atoms with E-state index in [-0.39, 0.29) is 18.1 Å². The molecule has 2 aromatic heterocycles. The molecular formula is C24H23F3N6O. The number of nitrogens with one attached hydrogen (secondary N) is 2. The molecule has 0 saturated carbocycles. The van der Waals surface area contributed by atoms with Crippen LogP contribution in [-0.4, -0.2) is 50.2 Å². The summed E-state index contributed by atoms with van der Waals surface area (Å²) in [6.07, 6.45) is -0.0831. The SMILES string of the molecule is O=C(CN1CCC(c2cc3ccccc3[nH]2)CC1)Nc1cc(C(F)(F)F)ccc1-n1cncn1. The zero-order chi connectivity index (χ0) is 23.7. The molecule has 1 fully saturated rings. The van der Waals surface area contributed by atoms with Gasteiger partial charge in [0.25, 0.3) is 0 Å². The van der Waals surface area contributed by atoms with Gasteiger partial charge in [0, 0.05) is 17.1 Å². The number of likely N-dealkylation sites (tertiary alicyclic amines) is 1. The number of para-hydroxylation sites is 1. The molecule has 0 spiro atoms. The number of halogens is 3. The second-order valence-electron chi connectivity index (χ2n) is 8.48. The number of hydrogen-bond donors (Lipinski definition) is 2. The van der Waals surface area contributed by atoms with E-state index in [0.717, 1.165) is 43.6 Å². The van der Waals surface area contributed by atoms with E-state index in [1.54, 1.807) is 0 Å². The number of carbonyl (C=O) groups is 1. The molecule has 0 unspecified atom stereocenters. The van der Waals surface area contributed by atoms with Crippen LogP contribution in [0.15, 0.2) is 61.2 Å². The number of benzene rings is 2. The number of aromatic amines is 1. The van der Waals surface area contributed by atoms with Crippen LogP contribution in [0.25, 0.3) is 16.6 Å². The molecule has 2 N–H and O–H groups in total. The van der Waals surface area contributed by atoms with Crippen molar-refractivity contribution in [3.05, 3.63) is 72.4 Å². The van der Waals surface area contributed by atoms with Gasteiger partial charge >= 0.3 is 6.18 Å². The van der Waals surface area contributed by atoms with Crippen molar-refractivity contribution >= 4 is 22.5 Å². The molecule has 1 saturated heterocycles. The Morgan fingerprint density at radius 1 is 1.12 bits per heavy atom. The van der Waals surface area contributed by atoms with Crippen LogP contribution in [0, 0.1) is 0 Å². The quantitative estimate of drug-likeness (QED) is 0.449. The highest BCUT2D eigenvalue weighted by atomic mass is 19.4. The number of alkyl halides is 3. The average Bonchev–Trinajstić information content (AvgIpc) is 3.49. The number of hydrogen-bond acceptors (Lipinski definition) is 4. The number of carbonyl (C=O) groups excluding carboxylic acids is 1. The zero-order valence-electron chi connectivity index (χ0n) is 18.2. The molecule has 1 aliphatic heterocycles. The third-order valence-corrected chi connectivity index (χ3v) is 6.21. The minimum atomic E-state index is -4.52. The Morgan fingerprint density at radius 3 is 2.62 bits per heavy atom. The number of nitrogens with zero attached hydrogens (tertiary/aromatic N) is 4. The van der Waals surface area contributed by atoms with E-state index in [1.165, 1.54) is 34.5 Å². The molecule has 0 atom stereocenters. The summed E-state index contributed by atoms with van der Waals surface area (Å²) in [5, 5.41) is 7.80. The molecule has 1 aliphatic rings. The lowest BCUT2D eigenvalue weighted by atomic mass is 9.93. The number of fused-ring (bicyclic) bond motifs is 1. The average molecular weight is 468 g/mol. The first-order valence-corrected chi connectivity index (χ1v) is 11.0. The minimum Gasteiger partial charge on any atom is -0.358 e. The van der Waals surface area contributed by atoms with Crippen LogP contribution >= 0.6 is 0 Å². The van der Waals surface area contributed by atoms with Gasteiger partial charge in [-0.25, -0.2) is 9.67 Å². The van der Waals surface area contributed by atoms with Gasteiger partial charge in [-0.2, -0.15) is 18.3 Å². The monoisotopic (exact) mass is 468 g/mol. The zero-order valence-corrected chi connectivity index (χ0v) is 18.2. The highest BCUT2D eigenvalue weighted by Crippen LogP contribution is 2.33. The van der Waals surface area contributed by atoms with Crippen LogP contribution < -0.4 is 5.32 Å². The first-order valence-electron chi connectivity index (χ1n) is 11.0. The number of aromatic nitrogens is 4. The molecule has 2 aromatic carbocycles. The van der Waals surface area contributed by atoms with Crippen molar-refractivity contribution in [3.8, 4) is 5.69 Å². The lowest BCUT2D eigenvalue weighted by Gasteiger charge is -2.31. The Hall–Kier alpha value is -3.66. The topological polar surface area (TPSA) is 78.8 Å². The van der Waals surface area contributed by atoms with Gasteiger partial charge in [-0.3, -0.25) is 9.69 Å². The van der Waals surface area contributed by atoms with Gasteiger partial charge in [-0.05, 0) is 61.6 Å². The Morgan fingerprint density at radius 2 is 1.91 bits per heavy atom. The predicted molar refractivity (Wildman–Crippen MR) is 122 cm³/mol. The van der Waals surface area contributed by atoms with E-state index < -0.39 is 11.7 Å². The lowest BCUT2D eigenvalue weighted by Crippen LogP contribution is -2.39. The second kappa shape index (κ2) is 8.94. The van der Waals surface area contributed by atoms with Crippen LogP contribution in [0.5, 0.6) is 0 Å². The Balaban J connectivity index is 1.24. The standard InChI is InChI=1S/C24H23F3N6O/c25-24(26,27)18-5-6-22(33-15-28-14-29-33)21(12-18)31-23(34)13-32-9-7-16(8-10-32)20-11-17-3-1-2-4-19(17)30-20/h1-6,11-12,14-16,30H,7-10,13H2,(H,31,34). The highest BCUT2D eigenvalue weighted by Gasteiger charge is 2.31. The fraction of sp³-hybridized carbons (Fsp3) is 0.292. The van der Waals surface area contributed by atoms with Crippen LogP contribution in [0.2, 0.25) is 0 Å². The number of anilines is 1. The third kappa shape index (κ3) is 4.67. The molecule has 3 heterocycles. The van der Waals surface area contributed by atoms with E-state index in [4.69, 9.17) is 0 Å². The van der Waals surface area contributed by atoms with Crippen LogP contribution in [0.1, 0.15) is 30.0 Å². The van der Waals surface area contributed by atoms with Crippen molar-refractivity contribution < 1.29 is 18.0 Å². The first kappa shape index (κ1) is 22.1. The molecule has 34 heavy (non-hydrogen) atoms. The lowest BCUT2D eigenvalue weighted by molar-refractivity contribution is -0.137. The normalized spacial score (nSPS) is 15.6. The van der Waals surface area contributed by atoms with Crippen LogP contribution in [0.4, 0.5) is 18.9 Å². The van der Waals surface area contributed by atoms with E-state index >= 15 is 0 Å². The van der Waals surface area contributed by atoms with Gasteiger partial charge in [0.05, 0.1) is 23.5 Å². The first-order chi connectivity index (χ1) is 16.4. The van der Waals surface area contributed by atoms with Gasteiger partial charge in [0.15, 0.2) is 0 Å². The summed E-state index contributed by atoms with van der Waals surface area (Å²) < 4.78 is 41.0. The molecule has 176 valence electrons. The van der Waals surface area contributed by atoms with Crippen molar-refractivity contribution in [2.24, 2.45) is 0 Å². The van der Waals surface area contributed by atoms with Crippen molar-refractivity contribution in [2.75, 3.05) is 25.0 Å². The van der Waals surface area contributed by atoms with Crippen molar-refractivity contribution in [2.45, 2.75) is 24.9 Å². The molecule has 4 aromatic rings. The molecule has 7 nitrogen and oxygen atoms in total. The summed E-state index contributed by atoms with van der Waals surface area (Å²) in [7, 11) is 0. The minimum absolute atomic E-state index is 0.0401. The van der Waals surface area contributed by atoms with Crippen molar-refractivity contribution in [1.29, 1.82) is 0 Å². The maximum absolute atomic E-state index is 13.2. The van der Waals surface area contributed by atoms with Crippen molar-refractivity contribution in [1.82, 2.24) is 24.6 Å². The van der Waals surface area contributed by atoms with Gasteiger partial charge in [-0.15, -0.1) is 0 Å². The van der Waals surface area contributed by atoms with E-state index in [2.05, 4.69) is 38.6 Å². The largest absolute Gasteiger partial charge is 0.416 e. The van der Waals surface area contributed by atoms with E-state index in [9.17, 15) is 18.0 Å². The Kier molecular flexibility index (Phi) is 5.82. The maximum atomic E-state index is 13.2. The molecule has 0 aliphatic carbocycles. The summed E-state index contributed by atoms with van der Waals surface area (Å²) in [5.41, 5.74) is 1.83. The fourth-order valence-corrected chi connectivity index (χ4v) is 4.46. The van der Waals surface area contributed by atoms with Gasteiger partial charge in [0.1, 0.15) is 12.7 Å². The summed E-state index contributed by atoms with van der Waals surface area (Å²) in [5.74, 6) is 0.0128. The van der Waals surface area contributed by atoms with Crippen molar-refractivity contribution in [3.63, 3.8) is 0 Å². The second-order valence-corrected chi connectivity index (χ2v) is 8.48. The van der Waals surface area contributed by atoms with Crippen LogP contribution in [-0.2, 0) is 11.0 Å². The predicted octanol–water partition coefficient (Wildman–Crippen LogP) is 4.59. The molecule has 0 radical (unpaired) electrons. The third-order valence-electron chi connectivity index (χ3n) is 6.21. The van der Waals surface area contributed by atoms with E-state index in [1.807, 2.05) is 17.0 Å². The highest BCUT2D eigenvalue weighted by molar-refractivity contribution is 5.94. The van der Waals surface area contributed by atoms with E-state index in [0.29, 0.717) is 11.6 Å². The van der Waals surface area contributed by atoms with Gasteiger partial charge in [0.2, 0.25) is 5.91 Å². The Bertz CT molecular complexity index is 1260. The molecule has 1 amide bonds. The number of rotatable bonds is 5.